The second-order valence-electron chi connectivity index (χ2n) is 10.3. The van der Waals surface area contributed by atoms with Crippen molar-refractivity contribution in [3.05, 3.63) is 23.3 Å². The molecule has 0 aromatic carbocycles. The fourth-order valence-corrected chi connectivity index (χ4v) is 7.51. The molecule has 4 rings (SSSR count). The van der Waals surface area contributed by atoms with Crippen molar-refractivity contribution in [2.24, 2.45) is 28.6 Å². The van der Waals surface area contributed by atoms with Crippen molar-refractivity contribution in [1.82, 2.24) is 0 Å². The molecular formula is C25H36O4. The smallest absolute Gasteiger partial charge is 0.303 e. The fraction of sp³-hybridized carbons (Fsp3) is 0.760. The Bertz CT molecular complexity index is 765. The minimum absolute atomic E-state index is 0.0570. The molecule has 0 bridgehead atoms. The highest BCUT2D eigenvalue weighted by molar-refractivity contribution is 5.66. The number of esters is 2. The van der Waals surface area contributed by atoms with Gasteiger partial charge in [-0.2, -0.15) is 0 Å². The summed E-state index contributed by atoms with van der Waals surface area (Å²) in [5.41, 5.74) is 3.26. The van der Waals surface area contributed by atoms with Gasteiger partial charge in [0.1, 0.15) is 12.2 Å². The summed E-state index contributed by atoms with van der Waals surface area (Å²) in [5, 5.41) is 0. The highest BCUT2D eigenvalue weighted by Crippen LogP contribution is 2.65. The van der Waals surface area contributed by atoms with Crippen molar-refractivity contribution in [1.29, 1.82) is 0 Å². The van der Waals surface area contributed by atoms with Crippen molar-refractivity contribution in [3.63, 3.8) is 0 Å². The van der Waals surface area contributed by atoms with Crippen LogP contribution in [0, 0.1) is 28.6 Å². The van der Waals surface area contributed by atoms with Crippen LogP contribution in [0.2, 0.25) is 0 Å². The third kappa shape index (κ3) is 3.37. The third-order valence-electron chi connectivity index (χ3n) is 8.81. The molecule has 0 spiro atoms. The number of carbonyl (C=O) groups is 2. The zero-order valence-electron chi connectivity index (χ0n) is 18.6. The van der Waals surface area contributed by atoms with E-state index in [1.807, 2.05) is 6.92 Å². The molecule has 7 atom stereocenters. The molecular weight excluding hydrogens is 364 g/mol. The quantitative estimate of drug-likeness (QED) is 0.472. The van der Waals surface area contributed by atoms with Crippen molar-refractivity contribution in [2.75, 3.05) is 0 Å². The predicted molar refractivity (Wildman–Crippen MR) is 112 cm³/mol. The van der Waals surface area contributed by atoms with E-state index in [4.69, 9.17) is 9.47 Å². The van der Waals surface area contributed by atoms with Gasteiger partial charge in [-0.3, -0.25) is 9.59 Å². The Morgan fingerprint density at radius 3 is 2.41 bits per heavy atom. The van der Waals surface area contributed by atoms with E-state index in [1.54, 1.807) is 0 Å². The summed E-state index contributed by atoms with van der Waals surface area (Å²) in [6, 6.07) is 0. The molecule has 0 aromatic heterocycles. The number of allylic oxidation sites excluding steroid dienone is 2. The first-order chi connectivity index (χ1) is 13.6. The van der Waals surface area contributed by atoms with Gasteiger partial charge in [0.25, 0.3) is 0 Å². The van der Waals surface area contributed by atoms with Crippen molar-refractivity contribution in [2.45, 2.75) is 91.8 Å². The summed E-state index contributed by atoms with van der Waals surface area (Å²) in [5.74, 6) is 1.67. The van der Waals surface area contributed by atoms with Crippen LogP contribution in [0.3, 0.4) is 0 Å². The van der Waals surface area contributed by atoms with Gasteiger partial charge < -0.3 is 9.47 Å². The van der Waals surface area contributed by atoms with E-state index >= 15 is 0 Å². The second kappa shape index (κ2) is 7.28. The fourth-order valence-electron chi connectivity index (χ4n) is 7.51. The summed E-state index contributed by atoms with van der Waals surface area (Å²) in [6.45, 7) is 9.92. The maximum atomic E-state index is 11.5. The van der Waals surface area contributed by atoms with Gasteiger partial charge in [-0.25, -0.2) is 0 Å². The van der Waals surface area contributed by atoms with Crippen LogP contribution in [0.25, 0.3) is 0 Å². The first kappa shape index (κ1) is 20.7. The largest absolute Gasteiger partial charge is 0.462 e. The van der Waals surface area contributed by atoms with Crippen LogP contribution >= 0.6 is 0 Å². The Labute approximate surface area is 175 Å². The van der Waals surface area contributed by atoms with E-state index < -0.39 is 0 Å². The number of ether oxygens (including phenoxy) is 2. The van der Waals surface area contributed by atoms with Gasteiger partial charge in [-0.1, -0.05) is 31.6 Å². The van der Waals surface area contributed by atoms with E-state index in [-0.39, 0.29) is 35.0 Å². The normalized spacial score (nSPS) is 41.8. The average molecular weight is 401 g/mol. The third-order valence-corrected chi connectivity index (χ3v) is 8.81. The maximum absolute atomic E-state index is 11.5. The predicted octanol–water partition coefficient (Wildman–Crippen LogP) is 5.37. The van der Waals surface area contributed by atoms with E-state index in [0.717, 1.165) is 32.1 Å². The molecule has 4 nitrogen and oxygen atoms in total. The molecule has 4 aliphatic carbocycles. The summed E-state index contributed by atoms with van der Waals surface area (Å²) in [7, 11) is 0. The minimum atomic E-state index is -0.193. The number of hydrogen-bond donors (Lipinski definition) is 0. The molecule has 0 unspecified atom stereocenters. The molecule has 4 aliphatic rings. The Morgan fingerprint density at radius 2 is 1.72 bits per heavy atom. The molecule has 0 amide bonds. The van der Waals surface area contributed by atoms with Crippen LogP contribution in [0.5, 0.6) is 0 Å². The summed E-state index contributed by atoms with van der Waals surface area (Å²) in [4.78, 5) is 22.9. The highest BCUT2D eigenvalue weighted by Gasteiger charge is 2.57. The zero-order valence-corrected chi connectivity index (χ0v) is 18.6. The number of carbonyl (C=O) groups excluding carboxylic acids is 2. The number of rotatable bonds is 3. The van der Waals surface area contributed by atoms with Gasteiger partial charge in [0.2, 0.25) is 0 Å². The van der Waals surface area contributed by atoms with Crippen LogP contribution in [0.15, 0.2) is 23.3 Å². The van der Waals surface area contributed by atoms with E-state index in [1.165, 1.54) is 37.8 Å². The maximum Gasteiger partial charge on any atom is 0.303 e. The Morgan fingerprint density at radius 1 is 1.00 bits per heavy atom. The molecule has 0 aliphatic heterocycles. The molecule has 4 heteroatoms. The van der Waals surface area contributed by atoms with Gasteiger partial charge in [0, 0.05) is 20.3 Å². The molecule has 0 saturated heterocycles. The Balaban J connectivity index is 1.55. The minimum Gasteiger partial charge on any atom is -0.462 e. The summed E-state index contributed by atoms with van der Waals surface area (Å²) < 4.78 is 11.1. The highest BCUT2D eigenvalue weighted by atomic mass is 16.5. The lowest BCUT2D eigenvalue weighted by molar-refractivity contribution is -0.149. The van der Waals surface area contributed by atoms with Crippen LogP contribution in [-0.2, 0) is 19.1 Å². The van der Waals surface area contributed by atoms with E-state index in [0.29, 0.717) is 17.8 Å². The number of hydrogen-bond acceptors (Lipinski definition) is 4. The molecule has 2 saturated carbocycles. The molecule has 0 heterocycles. The van der Waals surface area contributed by atoms with Crippen LogP contribution in [0.1, 0.15) is 79.6 Å². The lowest BCUT2D eigenvalue weighted by Crippen LogP contribution is -2.50. The van der Waals surface area contributed by atoms with Crippen LogP contribution in [-0.4, -0.2) is 24.1 Å². The molecule has 29 heavy (non-hydrogen) atoms. The van der Waals surface area contributed by atoms with Crippen LogP contribution < -0.4 is 0 Å². The van der Waals surface area contributed by atoms with E-state index in [9.17, 15) is 9.59 Å². The standard InChI is InChI=1S/C25H36O4/c1-15(28-16(2)26)21-8-9-22-20-7-6-18-14-19(29-17(3)27)10-12-24(18,4)23(20)11-13-25(21,22)5/h6,8,15,19-20,22-23H,7,9-14H2,1-5H3/t15-,19-,20+,22+,23+,24-,25-/m0/s1. The second-order valence-corrected chi connectivity index (χ2v) is 10.3. The van der Waals surface area contributed by atoms with Crippen LogP contribution in [0.4, 0.5) is 0 Å². The van der Waals surface area contributed by atoms with Gasteiger partial charge in [-0.05, 0) is 79.6 Å². The van der Waals surface area contributed by atoms with Crippen molar-refractivity contribution in [3.8, 4) is 0 Å². The van der Waals surface area contributed by atoms with Crippen molar-refractivity contribution >= 4 is 11.9 Å². The first-order valence-corrected chi connectivity index (χ1v) is 11.4. The lowest BCUT2D eigenvalue weighted by atomic mass is 9.47. The molecule has 0 radical (unpaired) electrons. The molecule has 0 aromatic rings. The zero-order chi connectivity index (χ0) is 21.0. The Hall–Kier alpha value is -1.58. The monoisotopic (exact) mass is 400 g/mol. The molecule has 2 fully saturated rings. The first-order valence-electron chi connectivity index (χ1n) is 11.4. The van der Waals surface area contributed by atoms with Gasteiger partial charge >= 0.3 is 11.9 Å². The van der Waals surface area contributed by atoms with Gasteiger partial charge in [0.15, 0.2) is 0 Å². The van der Waals surface area contributed by atoms with Crippen molar-refractivity contribution < 1.29 is 19.1 Å². The Kier molecular flexibility index (Phi) is 5.19. The van der Waals surface area contributed by atoms with E-state index in [2.05, 4.69) is 26.0 Å². The molecule has 160 valence electrons. The summed E-state index contributed by atoms with van der Waals surface area (Å²) in [6.07, 6.45) is 12.4. The topological polar surface area (TPSA) is 52.6 Å². The SMILES string of the molecule is CC(=O)O[C@H]1CC[C@@]2(C)C(=CC[C@H]3[C@H]2CC[C@@]2(C)C([C@H](C)OC(C)=O)=CC[C@H]32)C1. The molecule has 0 N–H and O–H groups in total. The summed E-state index contributed by atoms with van der Waals surface area (Å²) >= 11 is 0. The van der Waals surface area contributed by atoms with Gasteiger partial charge in [-0.15, -0.1) is 0 Å². The lowest BCUT2D eigenvalue weighted by Gasteiger charge is -2.58. The number of fused-ring (bicyclic) bond motifs is 5. The van der Waals surface area contributed by atoms with Gasteiger partial charge in [0.05, 0.1) is 0 Å². The average Bonchev–Trinajstić information content (AvgIpc) is 2.98.